The van der Waals surface area contributed by atoms with E-state index in [2.05, 4.69) is 32.0 Å². The first-order valence-corrected chi connectivity index (χ1v) is 9.48. The molecule has 20 heavy (non-hydrogen) atoms. The lowest BCUT2D eigenvalue weighted by atomic mass is 10.0. The molecule has 3 nitrogen and oxygen atoms in total. The lowest BCUT2D eigenvalue weighted by Crippen LogP contribution is -2.46. The molecule has 0 fully saturated rings. The van der Waals surface area contributed by atoms with Crippen LogP contribution < -0.4 is 0 Å². The van der Waals surface area contributed by atoms with Crippen LogP contribution in [0.2, 0.25) is 6.04 Å². The molecule has 0 atom stereocenters. The van der Waals surface area contributed by atoms with Crippen LogP contribution in [0.15, 0.2) is 18.2 Å². The van der Waals surface area contributed by atoms with E-state index in [1.165, 1.54) is 16.7 Å². The third-order valence-corrected chi connectivity index (χ3v) is 6.34. The van der Waals surface area contributed by atoms with Crippen LogP contribution >= 0.6 is 0 Å². The summed E-state index contributed by atoms with van der Waals surface area (Å²) in [6, 6.07) is 7.42. The van der Waals surface area contributed by atoms with Crippen molar-refractivity contribution in [1.82, 2.24) is 0 Å². The van der Waals surface area contributed by atoms with Crippen molar-refractivity contribution in [3.63, 3.8) is 0 Å². The fraction of sp³-hybridized carbons (Fsp3) is 0.625. The summed E-state index contributed by atoms with van der Waals surface area (Å²) in [6.45, 7) is 12.2. The summed E-state index contributed by atoms with van der Waals surface area (Å²) in [6.07, 6.45) is 0.943. The van der Waals surface area contributed by atoms with Gasteiger partial charge in [-0.3, -0.25) is 0 Å². The zero-order valence-corrected chi connectivity index (χ0v) is 14.5. The molecule has 0 saturated carbocycles. The normalized spacial score (nSPS) is 11.8. The van der Waals surface area contributed by atoms with E-state index < -0.39 is 8.80 Å². The van der Waals surface area contributed by atoms with Gasteiger partial charge >= 0.3 is 8.80 Å². The molecule has 1 aromatic carbocycles. The fourth-order valence-corrected chi connectivity index (χ4v) is 4.99. The highest BCUT2D eigenvalue weighted by Gasteiger charge is 2.39. The monoisotopic (exact) mass is 296 g/mol. The van der Waals surface area contributed by atoms with Gasteiger partial charge in [0.15, 0.2) is 0 Å². The lowest BCUT2D eigenvalue weighted by Gasteiger charge is -2.28. The topological polar surface area (TPSA) is 27.7 Å². The molecule has 1 aromatic rings. The number of aryl methyl sites for hydroxylation is 3. The van der Waals surface area contributed by atoms with Crippen LogP contribution in [0.5, 0.6) is 0 Å². The molecule has 0 unspecified atom stereocenters. The molecule has 0 spiro atoms. The SMILES string of the molecule is CCO[Si](CCc1ccc(C)cc1C)(OCC)OCC. The molecule has 4 heteroatoms. The summed E-state index contributed by atoms with van der Waals surface area (Å²) in [5.74, 6) is 0. The van der Waals surface area contributed by atoms with Crippen LogP contribution in [0.25, 0.3) is 0 Å². The zero-order chi connectivity index (χ0) is 15.0. The summed E-state index contributed by atoms with van der Waals surface area (Å²) in [5.41, 5.74) is 3.98. The standard InChI is InChI=1S/C16H28O3Si/c1-6-17-20(18-7-2,19-8-3)12-11-16-10-9-14(4)13-15(16)5/h9-10,13H,6-8,11-12H2,1-5H3. The Kier molecular flexibility index (Phi) is 7.44. The molecule has 0 bridgehead atoms. The number of rotatable bonds is 9. The van der Waals surface area contributed by atoms with E-state index in [-0.39, 0.29) is 0 Å². The van der Waals surface area contributed by atoms with Gasteiger partial charge < -0.3 is 13.3 Å². The van der Waals surface area contributed by atoms with Crippen LogP contribution in [-0.2, 0) is 19.7 Å². The fourth-order valence-electron chi connectivity index (χ4n) is 2.42. The van der Waals surface area contributed by atoms with E-state index in [0.717, 1.165) is 12.5 Å². The number of hydrogen-bond donors (Lipinski definition) is 0. The molecule has 0 saturated heterocycles. The molecular weight excluding hydrogens is 268 g/mol. The first-order chi connectivity index (χ1) is 9.56. The second-order valence-corrected chi connectivity index (χ2v) is 7.64. The van der Waals surface area contributed by atoms with Gasteiger partial charge in [-0.2, -0.15) is 0 Å². The largest absolute Gasteiger partial charge is 0.501 e. The van der Waals surface area contributed by atoms with E-state index in [1.807, 2.05) is 20.8 Å². The molecule has 0 aliphatic rings. The summed E-state index contributed by atoms with van der Waals surface area (Å²) in [7, 11) is -2.51. The lowest BCUT2D eigenvalue weighted by molar-refractivity contribution is 0.0714. The minimum atomic E-state index is -2.51. The predicted molar refractivity (Wildman–Crippen MR) is 85.1 cm³/mol. The van der Waals surface area contributed by atoms with E-state index in [0.29, 0.717) is 19.8 Å². The Balaban J connectivity index is 2.78. The van der Waals surface area contributed by atoms with Crippen LogP contribution in [-0.4, -0.2) is 28.6 Å². The minimum absolute atomic E-state index is 0.638. The van der Waals surface area contributed by atoms with Crippen molar-refractivity contribution in [3.8, 4) is 0 Å². The van der Waals surface area contributed by atoms with E-state index >= 15 is 0 Å². The Morgan fingerprint density at radius 3 is 1.90 bits per heavy atom. The number of benzene rings is 1. The Morgan fingerprint density at radius 2 is 1.45 bits per heavy atom. The molecule has 0 amide bonds. The smallest absolute Gasteiger partial charge is 0.374 e. The zero-order valence-electron chi connectivity index (χ0n) is 13.5. The quantitative estimate of drug-likeness (QED) is 0.647. The van der Waals surface area contributed by atoms with Gasteiger partial charge in [0.2, 0.25) is 0 Å². The van der Waals surface area contributed by atoms with Crippen LogP contribution in [0.1, 0.15) is 37.5 Å². The molecule has 0 radical (unpaired) electrons. The summed E-state index contributed by atoms with van der Waals surface area (Å²) in [4.78, 5) is 0. The van der Waals surface area contributed by atoms with Gasteiger partial charge in [-0.25, -0.2) is 0 Å². The maximum absolute atomic E-state index is 5.89. The maximum atomic E-state index is 5.89. The Morgan fingerprint density at radius 1 is 0.900 bits per heavy atom. The Labute approximate surface area is 124 Å². The highest BCUT2D eigenvalue weighted by Crippen LogP contribution is 2.21. The van der Waals surface area contributed by atoms with Gasteiger partial charge in [-0.1, -0.05) is 23.8 Å². The van der Waals surface area contributed by atoms with Crippen molar-refractivity contribution < 1.29 is 13.3 Å². The highest BCUT2D eigenvalue weighted by atomic mass is 28.4. The van der Waals surface area contributed by atoms with Gasteiger partial charge in [-0.15, -0.1) is 0 Å². The highest BCUT2D eigenvalue weighted by molar-refractivity contribution is 6.60. The molecule has 0 aliphatic heterocycles. The van der Waals surface area contributed by atoms with Gasteiger partial charge in [0.05, 0.1) is 0 Å². The molecule has 0 heterocycles. The van der Waals surface area contributed by atoms with E-state index in [1.54, 1.807) is 0 Å². The third-order valence-electron chi connectivity index (χ3n) is 3.29. The van der Waals surface area contributed by atoms with E-state index in [4.69, 9.17) is 13.3 Å². The molecule has 0 N–H and O–H groups in total. The van der Waals surface area contributed by atoms with Crippen LogP contribution in [0.4, 0.5) is 0 Å². The maximum Gasteiger partial charge on any atom is 0.501 e. The summed E-state index contributed by atoms with van der Waals surface area (Å²) >= 11 is 0. The van der Waals surface area contributed by atoms with Crippen molar-refractivity contribution in [2.75, 3.05) is 19.8 Å². The van der Waals surface area contributed by atoms with Crippen molar-refractivity contribution in [2.24, 2.45) is 0 Å². The predicted octanol–water partition coefficient (Wildman–Crippen LogP) is 3.89. The molecule has 0 aromatic heterocycles. The summed E-state index contributed by atoms with van der Waals surface area (Å²) < 4.78 is 17.7. The van der Waals surface area contributed by atoms with Crippen LogP contribution in [0, 0.1) is 13.8 Å². The van der Waals surface area contributed by atoms with Crippen molar-refractivity contribution >= 4 is 8.80 Å². The molecule has 114 valence electrons. The second-order valence-electron chi connectivity index (χ2n) is 4.91. The molecular formula is C16H28O3Si. The molecule has 1 rings (SSSR count). The second kappa shape index (κ2) is 8.57. The first-order valence-electron chi connectivity index (χ1n) is 7.54. The Hall–Kier alpha value is -0.683. The van der Waals surface area contributed by atoms with Crippen molar-refractivity contribution in [3.05, 3.63) is 34.9 Å². The van der Waals surface area contributed by atoms with Gasteiger partial charge in [0.1, 0.15) is 0 Å². The van der Waals surface area contributed by atoms with Crippen LogP contribution in [0.3, 0.4) is 0 Å². The number of hydrogen-bond acceptors (Lipinski definition) is 3. The average molecular weight is 296 g/mol. The Bertz CT molecular complexity index is 390. The van der Waals surface area contributed by atoms with E-state index in [9.17, 15) is 0 Å². The molecule has 0 aliphatic carbocycles. The minimum Gasteiger partial charge on any atom is -0.374 e. The van der Waals surface area contributed by atoms with Crippen molar-refractivity contribution in [2.45, 2.75) is 47.1 Å². The van der Waals surface area contributed by atoms with Gasteiger partial charge in [0, 0.05) is 25.9 Å². The summed E-state index contributed by atoms with van der Waals surface area (Å²) in [5, 5.41) is 0. The average Bonchev–Trinajstić information content (AvgIpc) is 2.38. The first kappa shape index (κ1) is 17.4. The van der Waals surface area contributed by atoms with Gasteiger partial charge in [0.25, 0.3) is 0 Å². The van der Waals surface area contributed by atoms with Crippen molar-refractivity contribution in [1.29, 1.82) is 0 Å². The van der Waals surface area contributed by atoms with Gasteiger partial charge in [-0.05, 0) is 52.2 Å². The third kappa shape index (κ3) is 5.02.